The Morgan fingerprint density at radius 1 is 1.00 bits per heavy atom. The number of sulfonamides is 1. The molecule has 0 atom stereocenters. The molecule has 2 aromatic carbocycles. The molecule has 1 aliphatic rings. The molecule has 8 heteroatoms. The summed E-state index contributed by atoms with van der Waals surface area (Å²) in [5.74, 6) is -1.09. The molecule has 0 saturated heterocycles. The van der Waals surface area contributed by atoms with E-state index >= 15 is 0 Å². The maximum atomic E-state index is 13.1. The Hall–Kier alpha value is -2.87. The quantitative estimate of drug-likeness (QED) is 0.768. The summed E-state index contributed by atoms with van der Waals surface area (Å²) < 4.78 is 27.6. The molecule has 0 bridgehead atoms. The highest BCUT2D eigenvalue weighted by molar-refractivity contribution is 7.92. The second kappa shape index (κ2) is 8.02. The van der Waals surface area contributed by atoms with E-state index in [0.29, 0.717) is 12.2 Å². The number of nitrogens with zero attached hydrogens (tertiary/aromatic N) is 1. The number of carbonyl (C=O) groups is 2. The topological polar surface area (TPSA) is 95.6 Å². The van der Waals surface area contributed by atoms with Gasteiger partial charge in [-0.15, -0.1) is 0 Å². The molecule has 0 fully saturated rings. The van der Waals surface area contributed by atoms with E-state index in [1.54, 1.807) is 13.8 Å². The number of aryl methyl sites for hydroxylation is 1. The average Bonchev–Trinajstić information content (AvgIpc) is 2.71. The molecular weight excluding hydrogens is 378 g/mol. The van der Waals surface area contributed by atoms with Crippen LogP contribution in [0.25, 0.3) is 0 Å². The fourth-order valence-electron chi connectivity index (χ4n) is 2.99. The first kappa shape index (κ1) is 19.9. The lowest BCUT2D eigenvalue weighted by Crippen LogP contribution is -2.43. The summed E-state index contributed by atoms with van der Waals surface area (Å²) >= 11 is 0. The summed E-state index contributed by atoms with van der Waals surface area (Å²) in [7, 11) is -3.72. The van der Waals surface area contributed by atoms with Gasteiger partial charge < -0.3 is 0 Å². The van der Waals surface area contributed by atoms with Crippen molar-refractivity contribution in [3.63, 3.8) is 0 Å². The number of benzene rings is 2. The standard InChI is InChI=1S/C20H23N3O4S/c1-14(2)19(24)21-22-20(25)16-9-11-17(12-10-16)28(26,27)23-13-5-7-15-6-3-4-8-18(15)23/h3-4,6,8-12,14H,5,7,13H2,1-2H3,(H,21,24)(H,22,25). The molecule has 0 unspecified atom stereocenters. The lowest BCUT2D eigenvalue weighted by molar-refractivity contribution is -0.124. The largest absolute Gasteiger partial charge is 0.273 e. The van der Waals surface area contributed by atoms with Crippen LogP contribution in [-0.4, -0.2) is 26.8 Å². The van der Waals surface area contributed by atoms with Gasteiger partial charge in [0.1, 0.15) is 0 Å². The van der Waals surface area contributed by atoms with Gasteiger partial charge in [0.25, 0.3) is 15.9 Å². The molecule has 2 N–H and O–H groups in total. The smallest absolute Gasteiger partial charge is 0.269 e. The lowest BCUT2D eigenvalue weighted by atomic mass is 10.0. The molecule has 0 aliphatic carbocycles. The van der Waals surface area contributed by atoms with E-state index in [2.05, 4.69) is 10.9 Å². The summed E-state index contributed by atoms with van der Waals surface area (Å²) in [6.07, 6.45) is 1.61. The maximum Gasteiger partial charge on any atom is 0.269 e. The fourth-order valence-corrected chi connectivity index (χ4v) is 4.53. The van der Waals surface area contributed by atoms with Crippen LogP contribution >= 0.6 is 0 Å². The number of carbonyl (C=O) groups excluding carboxylic acids is 2. The second-order valence-electron chi connectivity index (χ2n) is 6.93. The Labute approximate surface area is 164 Å². The van der Waals surface area contributed by atoms with Crippen LogP contribution in [0.2, 0.25) is 0 Å². The van der Waals surface area contributed by atoms with Gasteiger partial charge in [-0.05, 0) is 48.7 Å². The van der Waals surface area contributed by atoms with E-state index in [9.17, 15) is 18.0 Å². The number of fused-ring (bicyclic) bond motifs is 1. The lowest BCUT2D eigenvalue weighted by Gasteiger charge is -2.30. The molecular formula is C20H23N3O4S. The van der Waals surface area contributed by atoms with Gasteiger partial charge in [0.2, 0.25) is 5.91 Å². The van der Waals surface area contributed by atoms with Crippen LogP contribution in [-0.2, 0) is 21.2 Å². The van der Waals surface area contributed by atoms with Crippen molar-refractivity contribution in [3.8, 4) is 0 Å². The van der Waals surface area contributed by atoms with Gasteiger partial charge in [0.05, 0.1) is 10.6 Å². The van der Waals surface area contributed by atoms with Crippen LogP contribution in [0.4, 0.5) is 5.69 Å². The molecule has 2 amide bonds. The first-order valence-corrected chi connectivity index (χ1v) is 10.6. The van der Waals surface area contributed by atoms with Crippen LogP contribution in [0.15, 0.2) is 53.4 Å². The number of amides is 2. The minimum Gasteiger partial charge on any atom is -0.273 e. The predicted molar refractivity (Wildman–Crippen MR) is 106 cm³/mol. The first-order chi connectivity index (χ1) is 13.3. The number of para-hydroxylation sites is 1. The number of rotatable bonds is 4. The first-order valence-electron chi connectivity index (χ1n) is 9.11. The van der Waals surface area contributed by atoms with Crippen LogP contribution in [0.1, 0.15) is 36.2 Å². The van der Waals surface area contributed by atoms with Crippen LogP contribution in [0, 0.1) is 5.92 Å². The van der Waals surface area contributed by atoms with E-state index in [4.69, 9.17) is 0 Å². The van der Waals surface area contributed by atoms with Crippen molar-refractivity contribution in [1.82, 2.24) is 10.9 Å². The van der Waals surface area contributed by atoms with Crippen molar-refractivity contribution in [2.75, 3.05) is 10.8 Å². The number of hydrogen-bond acceptors (Lipinski definition) is 4. The Balaban J connectivity index is 1.78. The van der Waals surface area contributed by atoms with Gasteiger partial charge in [-0.1, -0.05) is 32.0 Å². The van der Waals surface area contributed by atoms with E-state index in [1.807, 2.05) is 24.3 Å². The third kappa shape index (κ3) is 4.01. The zero-order valence-electron chi connectivity index (χ0n) is 15.8. The SMILES string of the molecule is CC(C)C(=O)NNC(=O)c1ccc(S(=O)(=O)N2CCCc3ccccc32)cc1. The highest BCUT2D eigenvalue weighted by Crippen LogP contribution is 2.31. The highest BCUT2D eigenvalue weighted by atomic mass is 32.2. The van der Waals surface area contributed by atoms with Gasteiger partial charge >= 0.3 is 0 Å². The molecule has 7 nitrogen and oxygen atoms in total. The molecule has 2 aromatic rings. The number of hydrazine groups is 1. The Morgan fingerprint density at radius 2 is 1.68 bits per heavy atom. The highest BCUT2D eigenvalue weighted by Gasteiger charge is 2.28. The van der Waals surface area contributed by atoms with Crippen molar-refractivity contribution in [1.29, 1.82) is 0 Å². The van der Waals surface area contributed by atoms with Crippen LogP contribution < -0.4 is 15.2 Å². The van der Waals surface area contributed by atoms with Gasteiger partial charge in [-0.3, -0.25) is 24.7 Å². The summed E-state index contributed by atoms with van der Waals surface area (Å²) in [5.41, 5.74) is 6.60. The summed E-state index contributed by atoms with van der Waals surface area (Å²) in [4.78, 5) is 23.8. The zero-order valence-corrected chi connectivity index (χ0v) is 16.6. The van der Waals surface area contributed by atoms with Gasteiger partial charge in [0, 0.05) is 18.0 Å². The second-order valence-corrected chi connectivity index (χ2v) is 8.79. The van der Waals surface area contributed by atoms with E-state index < -0.39 is 15.9 Å². The molecule has 28 heavy (non-hydrogen) atoms. The Bertz CT molecular complexity index is 985. The average molecular weight is 401 g/mol. The van der Waals surface area contributed by atoms with Crippen LogP contribution in [0.5, 0.6) is 0 Å². The molecule has 0 spiro atoms. The van der Waals surface area contributed by atoms with Crippen molar-refractivity contribution in [2.45, 2.75) is 31.6 Å². The predicted octanol–water partition coefficient (Wildman–Crippen LogP) is 2.25. The van der Waals surface area contributed by atoms with Crippen molar-refractivity contribution >= 4 is 27.5 Å². The van der Waals surface area contributed by atoms with Gasteiger partial charge in [0.15, 0.2) is 0 Å². The van der Waals surface area contributed by atoms with Gasteiger partial charge in [-0.2, -0.15) is 0 Å². The molecule has 0 aromatic heterocycles. The molecule has 1 aliphatic heterocycles. The monoisotopic (exact) mass is 401 g/mol. The minimum atomic E-state index is -3.72. The van der Waals surface area contributed by atoms with Crippen molar-refractivity contribution in [2.24, 2.45) is 5.92 Å². The van der Waals surface area contributed by atoms with Gasteiger partial charge in [-0.25, -0.2) is 8.42 Å². The van der Waals surface area contributed by atoms with Crippen molar-refractivity contribution in [3.05, 3.63) is 59.7 Å². The summed E-state index contributed by atoms with van der Waals surface area (Å²) in [5, 5.41) is 0. The molecule has 1 heterocycles. The Morgan fingerprint density at radius 3 is 2.36 bits per heavy atom. The fraction of sp³-hybridized carbons (Fsp3) is 0.300. The normalized spacial score (nSPS) is 13.8. The number of nitrogens with one attached hydrogen (secondary N) is 2. The number of hydrogen-bond donors (Lipinski definition) is 2. The third-order valence-corrected chi connectivity index (χ3v) is 6.42. The molecule has 0 saturated carbocycles. The third-order valence-electron chi connectivity index (χ3n) is 4.60. The van der Waals surface area contributed by atoms with Crippen molar-refractivity contribution < 1.29 is 18.0 Å². The zero-order chi connectivity index (χ0) is 20.3. The summed E-state index contributed by atoms with van der Waals surface area (Å²) in [6, 6.07) is 13.2. The summed E-state index contributed by atoms with van der Waals surface area (Å²) in [6.45, 7) is 3.84. The van der Waals surface area contributed by atoms with Crippen LogP contribution in [0.3, 0.4) is 0 Å². The molecule has 148 valence electrons. The maximum absolute atomic E-state index is 13.1. The van der Waals surface area contributed by atoms with E-state index in [1.165, 1.54) is 28.6 Å². The van der Waals surface area contributed by atoms with E-state index in [-0.39, 0.29) is 22.3 Å². The Kier molecular flexibility index (Phi) is 5.69. The minimum absolute atomic E-state index is 0.118. The molecule has 3 rings (SSSR count). The van der Waals surface area contributed by atoms with E-state index in [0.717, 1.165) is 18.4 Å². The molecule has 0 radical (unpaired) electrons. The number of anilines is 1.